The van der Waals surface area contributed by atoms with E-state index < -0.39 is 0 Å². The second kappa shape index (κ2) is 4.24. The van der Waals surface area contributed by atoms with Crippen LogP contribution in [0.2, 0.25) is 0 Å². The molecule has 0 saturated carbocycles. The summed E-state index contributed by atoms with van der Waals surface area (Å²) in [6, 6.07) is 2.00. The molecule has 1 N–H and O–H groups in total. The number of hydrogen-bond acceptors (Lipinski definition) is 5. The number of hydrogen-bond donors (Lipinski definition) is 1. The minimum atomic E-state index is 0.769. The fourth-order valence-corrected chi connectivity index (χ4v) is 2.14. The molecule has 15 heavy (non-hydrogen) atoms. The van der Waals surface area contributed by atoms with E-state index in [9.17, 15) is 0 Å². The molecule has 2 aromatic rings. The van der Waals surface area contributed by atoms with Crippen molar-refractivity contribution in [1.82, 2.24) is 14.3 Å². The average Bonchev–Trinajstić information content (AvgIpc) is 2.56. The van der Waals surface area contributed by atoms with Crippen LogP contribution in [0.15, 0.2) is 16.7 Å². The van der Waals surface area contributed by atoms with Crippen LogP contribution in [0.3, 0.4) is 0 Å². The summed E-state index contributed by atoms with van der Waals surface area (Å²) in [7, 11) is 0. The number of rotatable bonds is 2. The van der Waals surface area contributed by atoms with E-state index >= 15 is 0 Å². The number of aryl methyl sites for hydroxylation is 2. The molecule has 0 aliphatic rings. The lowest BCUT2D eigenvalue weighted by Crippen LogP contribution is -1.95. The van der Waals surface area contributed by atoms with Gasteiger partial charge < -0.3 is 5.32 Å². The Bertz CT molecular complexity index is 483. The van der Waals surface area contributed by atoms with Crippen molar-refractivity contribution in [2.45, 2.75) is 13.8 Å². The molecule has 0 aromatic carbocycles. The van der Waals surface area contributed by atoms with Gasteiger partial charge in [-0.05, 0) is 41.4 Å². The predicted molar refractivity (Wildman–Crippen MR) is 64.6 cm³/mol. The quantitative estimate of drug-likeness (QED) is 0.921. The molecule has 6 heteroatoms. The summed E-state index contributed by atoms with van der Waals surface area (Å²) in [5.41, 5.74) is 1.07. The first kappa shape index (κ1) is 10.5. The molecule has 0 amide bonds. The second-order valence-electron chi connectivity index (χ2n) is 3.09. The standard InChI is InChI=1S/C9H9BrN4S/c1-5-3-7(10)4-11-8(5)13-9-12-6(2)14-15-9/h3-4H,1-2H3,(H,11,12,13,14). The first-order valence-electron chi connectivity index (χ1n) is 4.34. The van der Waals surface area contributed by atoms with Crippen molar-refractivity contribution in [3.8, 4) is 0 Å². The Morgan fingerprint density at radius 3 is 2.80 bits per heavy atom. The topological polar surface area (TPSA) is 50.7 Å². The van der Waals surface area contributed by atoms with Gasteiger partial charge in [-0.25, -0.2) is 9.97 Å². The first-order valence-corrected chi connectivity index (χ1v) is 5.91. The molecule has 0 bridgehead atoms. The van der Waals surface area contributed by atoms with Crippen LogP contribution < -0.4 is 5.32 Å². The first-order chi connectivity index (χ1) is 7.15. The van der Waals surface area contributed by atoms with Gasteiger partial charge in [-0.2, -0.15) is 4.37 Å². The van der Waals surface area contributed by atoms with E-state index in [2.05, 4.69) is 35.6 Å². The van der Waals surface area contributed by atoms with Crippen molar-refractivity contribution < 1.29 is 0 Å². The predicted octanol–water partition coefficient (Wildman–Crippen LogP) is 3.06. The molecular weight excluding hydrogens is 276 g/mol. The van der Waals surface area contributed by atoms with Crippen molar-refractivity contribution in [2.24, 2.45) is 0 Å². The second-order valence-corrected chi connectivity index (χ2v) is 4.76. The van der Waals surface area contributed by atoms with E-state index in [0.29, 0.717) is 0 Å². The molecule has 0 aliphatic heterocycles. The highest BCUT2D eigenvalue weighted by atomic mass is 79.9. The van der Waals surface area contributed by atoms with Crippen LogP contribution in [0, 0.1) is 13.8 Å². The van der Waals surface area contributed by atoms with Crippen LogP contribution in [0.4, 0.5) is 10.9 Å². The summed E-state index contributed by atoms with van der Waals surface area (Å²) in [4.78, 5) is 8.48. The summed E-state index contributed by atoms with van der Waals surface area (Å²) in [6.45, 7) is 3.86. The lowest BCUT2D eigenvalue weighted by molar-refractivity contribution is 1.16. The van der Waals surface area contributed by atoms with E-state index in [1.807, 2.05) is 19.9 Å². The van der Waals surface area contributed by atoms with Crippen LogP contribution in [0.25, 0.3) is 0 Å². The van der Waals surface area contributed by atoms with Crippen molar-refractivity contribution in [3.05, 3.63) is 28.1 Å². The Balaban J connectivity index is 2.24. The summed E-state index contributed by atoms with van der Waals surface area (Å²) in [5, 5.41) is 3.90. The number of aromatic nitrogens is 3. The summed E-state index contributed by atoms with van der Waals surface area (Å²) < 4.78 is 5.06. The molecule has 0 fully saturated rings. The van der Waals surface area contributed by atoms with Gasteiger partial charge in [0.15, 0.2) is 0 Å². The smallest absolute Gasteiger partial charge is 0.208 e. The van der Waals surface area contributed by atoms with Gasteiger partial charge in [0.25, 0.3) is 0 Å². The third-order valence-corrected chi connectivity index (χ3v) is 2.95. The Hall–Kier alpha value is -1.01. The third kappa shape index (κ3) is 2.51. The van der Waals surface area contributed by atoms with Gasteiger partial charge in [0.1, 0.15) is 11.6 Å². The van der Waals surface area contributed by atoms with Gasteiger partial charge >= 0.3 is 0 Å². The van der Waals surface area contributed by atoms with Crippen molar-refractivity contribution >= 4 is 38.4 Å². The van der Waals surface area contributed by atoms with Gasteiger partial charge in [-0.1, -0.05) is 0 Å². The largest absolute Gasteiger partial charge is 0.315 e. The minimum Gasteiger partial charge on any atom is -0.315 e. The maximum absolute atomic E-state index is 4.26. The molecule has 78 valence electrons. The number of halogens is 1. The maximum Gasteiger partial charge on any atom is 0.208 e. The van der Waals surface area contributed by atoms with E-state index in [1.54, 1.807) is 6.20 Å². The molecule has 4 nitrogen and oxygen atoms in total. The number of nitrogens with zero attached hydrogens (tertiary/aromatic N) is 3. The molecule has 2 heterocycles. The van der Waals surface area contributed by atoms with Crippen LogP contribution in [-0.4, -0.2) is 14.3 Å². The summed E-state index contributed by atoms with van der Waals surface area (Å²) in [5.74, 6) is 1.59. The average molecular weight is 285 g/mol. The molecule has 0 unspecified atom stereocenters. The monoisotopic (exact) mass is 284 g/mol. The zero-order valence-corrected chi connectivity index (χ0v) is 10.7. The molecule has 0 atom stereocenters. The Labute approximate surface area is 100 Å². The van der Waals surface area contributed by atoms with E-state index in [4.69, 9.17) is 0 Å². The van der Waals surface area contributed by atoms with Gasteiger partial charge in [0.2, 0.25) is 5.13 Å². The Morgan fingerprint density at radius 1 is 1.40 bits per heavy atom. The van der Waals surface area contributed by atoms with Crippen LogP contribution in [0.1, 0.15) is 11.4 Å². The van der Waals surface area contributed by atoms with Crippen molar-refractivity contribution in [1.29, 1.82) is 0 Å². The normalized spacial score (nSPS) is 10.3. The number of pyridine rings is 1. The molecule has 0 aliphatic carbocycles. The van der Waals surface area contributed by atoms with E-state index in [0.717, 1.165) is 26.8 Å². The van der Waals surface area contributed by atoms with Crippen molar-refractivity contribution in [3.63, 3.8) is 0 Å². The zero-order chi connectivity index (χ0) is 10.8. The SMILES string of the molecule is Cc1nsc(Nc2ncc(Br)cc2C)n1. The fraction of sp³-hybridized carbons (Fsp3) is 0.222. The number of anilines is 2. The van der Waals surface area contributed by atoms with Gasteiger partial charge in [-0.15, -0.1) is 0 Å². The van der Waals surface area contributed by atoms with Gasteiger partial charge in [0.05, 0.1) is 0 Å². The lowest BCUT2D eigenvalue weighted by Gasteiger charge is -2.04. The highest BCUT2D eigenvalue weighted by Gasteiger charge is 2.04. The summed E-state index contributed by atoms with van der Waals surface area (Å²) in [6.07, 6.45) is 1.75. The summed E-state index contributed by atoms with van der Waals surface area (Å²) >= 11 is 4.70. The minimum absolute atomic E-state index is 0.769. The third-order valence-electron chi connectivity index (χ3n) is 1.80. The molecule has 0 radical (unpaired) electrons. The Morgan fingerprint density at radius 2 is 2.20 bits per heavy atom. The highest BCUT2D eigenvalue weighted by Crippen LogP contribution is 2.21. The molecule has 0 saturated heterocycles. The van der Waals surface area contributed by atoms with E-state index in [-0.39, 0.29) is 0 Å². The lowest BCUT2D eigenvalue weighted by atomic mass is 10.3. The van der Waals surface area contributed by atoms with Crippen LogP contribution in [0.5, 0.6) is 0 Å². The molecular formula is C9H9BrN4S. The molecule has 0 spiro atoms. The number of nitrogens with one attached hydrogen (secondary N) is 1. The van der Waals surface area contributed by atoms with Gasteiger partial charge in [-0.3, -0.25) is 0 Å². The van der Waals surface area contributed by atoms with Gasteiger partial charge in [0, 0.05) is 22.2 Å². The Kier molecular flexibility index (Phi) is 2.97. The molecule has 2 aromatic heterocycles. The van der Waals surface area contributed by atoms with Crippen LogP contribution in [-0.2, 0) is 0 Å². The van der Waals surface area contributed by atoms with Crippen molar-refractivity contribution in [2.75, 3.05) is 5.32 Å². The fourth-order valence-electron chi connectivity index (χ4n) is 1.12. The van der Waals surface area contributed by atoms with E-state index in [1.165, 1.54) is 11.5 Å². The van der Waals surface area contributed by atoms with Crippen LogP contribution >= 0.6 is 27.5 Å². The zero-order valence-electron chi connectivity index (χ0n) is 8.28. The maximum atomic E-state index is 4.26. The highest BCUT2D eigenvalue weighted by molar-refractivity contribution is 9.10. The molecule has 2 rings (SSSR count).